The highest BCUT2D eigenvalue weighted by atomic mass is 16.6. The molecule has 0 saturated heterocycles. The smallest absolute Gasteiger partial charge is 0.322 e. The van der Waals surface area contributed by atoms with Crippen molar-refractivity contribution >= 4 is 11.7 Å². The second-order valence-corrected chi connectivity index (χ2v) is 10.0. The number of urea groups is 1. The standard InChI is InChI=1S/C32H29N5O4/c1-21-26-20-36(32(38)33-23-13-14-28-29(19-23)41-17-16-40-28)30(22-8-6-11-25(18-22)39-2)27-12-7-15-35(27)31(26)37(34-21)24-9-4-3-5-10-24/h3-15,18-19,30H,16-17,20H2,1-2H3,(H,33,38)/t30-/m0/s1. The largest absolute Gasteiger partial charge is 0.497 e. The summed E-state index contributed by atoms with van der Waals surface area (Å²) >= 11 is 0. The molecule has 4 heterocycles. The van der Waals surface area contributed by atoms with Gasteiger partial charge in [-0.2, -0.15) is 5.10 Å². The Balaban J connectivity index is 1.37. The van der Waals surface area contributed by atoms with E-state index in [1.54, 1.807) is 13.2 Å². The zero-order valence-electron chi connectivity index (χ0n) is 22.8. The van der Waals surface area contributed by atoms with Gasteiger partial charge in [0.2, 0.25) is 0 Å². The predicted octanol–water partition coefficient (Wildman–Crippen LogP) is 5.89. The molecule has 0 spiro atoms. The number of hydrogen-bond acceptors (Lipinski definition) is 5. The van der Waals surface area contributed by atoms with Crippen LogP contribution in [0.2, 0.25) is 0 Å². The summed E-state index contributed by atoms with van der Waals surface area (Å²) in [7, 11) is 1.65. The van der Waals surface area contributed by atoms with Gasteiger partial charge in [-0.15, -0.1) is 0 Å². The van der Waals surface area contributed by atoms with Crippen molar-refractivity contribution in [2.24, 2.45) is 0 Å². The molecular weight excluding hydrogens is 518 g/mol. The number of fused-ring (bicyclic) bond motifs is 4. The van der Waals surface area contributed by atoms with Crippen LogP contribution in [0.4, 0.5) is 10.5 Å². The lowest BCUT2D eigenvalue weighted by Crippen LogP contribution is -2.38. The van der Waals surface area contributed by atoms with E-state index < -0.39 is 6.04 Å². The average Bonchev–Trinajstić information content (AvgIpc) is 3.57. The molecule has 9 heteroatoms. The van der Waals surface area contributed by atoms with E-state index in [0.717, 1.165) is 39.8 Å². The normalized spacial score (nSPS) is 15.5. The molecule has 0 saturated carbocycles. The van der Waals surface area contributed by atoms with Gasteiger partial charge in [-0.05, 0) is 61.0 Å². The van der Waals surface area contributed by atoms with Crippen LogP contribution in [0.15, 0.2) is 91.1 Å². The van der Waals surface area contributed by atoms with Crippen molar-refractivity contribution in [3.63, 3.8) is 0 Å². The number of benzene rings is 3. The molecule has 2 aliphatic rings. The molecule has 2 aliphatic heterocycles. The van der Waals surface area contributed by atoms with E-state index in [0.29, 0.717) is 36.9 Å². The van der Waals surface area contributed by atoms with Crippen LogP contribution in [0.5, 0.6) is 17.2 Å². The van der Waals surface area contributed by atoms with E-state index >= 15 is 0 Å². The summed E-state index contributed by atoms with van der Waals surface area (Å²) in [6, 6.07) is 26.8. The second-order valence-electron chi connectivity index (χ2n) is 10.0. The number of carbonyl (C=O) groups excluding carboxylic acids is 1. The third kappa shape index (κ3) is 4.35. The molecule has 7 rings (SSSR count). The summed E-state index contributed by atoms with van der Waals surface area (Å²) in [5.74, 6) is 2.92. The first kappa shape index (κ1) is 24.8. The van der Waals surface area contributed by atoms with Crippen LogP contribution >= 0.6 is 0 Å². The van der Waals surface area contributed by atoms with Gasteiger partial charge in [0.05, 0.1) is 36.8 Å². The van der Waals surface area contributed by atoms with Crippen molar-refractivity contribution in [3.8, 4) is 28.8 Å². The van der Waals surface area contributed by atoms with Crippen LogP contribution in [-0.4, -0.2) is 45.6 Å². The van der Waals surface area contributed by atoms with E-state index in [-0.39, 0.29) is 6.03 Å². The first-order chi connectivity index (χ1) is 20.1. The zero-order chi connectivity index (χ0) is 27.9. The fourth-order valence-electron chi connectivity index (χ4n) is 5.63. The average molecular weight is 548 g/mol. The number of aryl methyl sites for hydroxylation is 1. The summed E-state index contributed by atoms with van der Waals surface area (Å²) in [6.07, 6.45) is 2.03. The van der Waals surface area contributed by atoms with E-state index in [1.807, 2.05) is 95.5 Å². The van der Waals surface area contributed by atoms with Crippen molar-refractivity contribution in [3.05, 3.63) is 114 Å². The lowest BCUT2D eigenvalue weighted by atomic mass is 10.0. The van der Waals surface area contributed by atoms with Crippen LogP contribution < -0.4 is 19.5 Å². The van der Waals surface area contributed by atoms with Gasteiger partial charge in [0.25, 0.3) is 0 Å². The molecule has 2 amide bonds. The summed E-state index contributed by atoms with van der Waals surface area (Å²) < 4.78 is 21.1. The Bertz CT molecular complexity index is 1740. The molecule has 0 unspecified atom stereocenters. The third-order valence-corrected chi connectivity index (χ3v) is 7.55. The second kappa shape index (κ2) is 10.1. The van der Waals surface area contributed by atoms with Crippen LogP contribution in [0.3, 0.4) is 0 Å². The first-order valence-electron chi connectivity index (χ1n) is 13.5. The molecule has 1 N–H and O–H groups in total. The molecule has 0 radical (unpaired) electrons. The van der Waals surface area contributed by atoms with Crippen molar-refractivity contribution in [1.82, 2.24) is 19.2 Å². The van der Waals surface area contributed by atoms with Crippen molar-refractivity contribution < 1.29 is 19.0 Å². The van der Waals surface area contributed by atoms with Crippen LogP contribution in [0, 0.1) is 6.92 Å². The minimum absolute atomic E-state index is 0.248. The number of methoxy groups -OCH3 is 1. The van der Waals surface area contributed by atoms with E-state index in [4.69, 9.17) is 19.3 Å². The van der Waals surface area contributed by atoms with Gasteiger partial charge in [-0.3, -0.25) is 0 Å². The van der Waals surface area contributed by atoms with Gasteiger partial charge >= 0.3 is 6.03 Å². The number of nitrogens with one attached hydrogen (secondary N) is 1. The number of para-hydroxylation sites is 1. The Labute approximate surface area is 237 Å². The van der Waals surface area contributed by atoms with Gasteiger partial charge in [0, 0.05) is 23.5 Å². The molecule has 0 aliphatic carbocycles. The fourth-order valence-corrected chi connectivity index (χ4v) is 5.63. The molecule has 0 fully saturated rings. The SMILES string of the molecule is COc1cccc([C@H]2c3cccn3-c3c(c(C)nn3-c3ccccc3)CN2C(=O)Nc2ccc3c(c2)OCCO3)c1. The number of carbonyl (C=O) groups is 1. The quantitative estimate of drug-likeness (QED) is 0.304. The highest BCUT2D eigenvalue weighted by Crippen LogP contribution is 2.40. The van der Waals surface area contributed by atoms with E-state index in [1.165, 1.54) is 0 Å². The number of anilines is 1. The third-order valence-electron chi connectivity index (χ3n) is 7.55. The maximum atomic E-state index is 14.2. The van der Waals surface area contributed by atoms with E-state index in [2.05, 4.69) is 16.0 Å². The molecule has 5 aromatic rings. The van der Waals surface area contributed by atoms with Gasteiger partial charge < -0.3 is 29.0 Å². The van der Waals surface area contributed by atoms with Gasteiger partial charge in [-0.1, -0.05) is 30.3 Å². The van der Waals surface area contributed by atoms with Gasteiger partial charge in [0.15, 0.2) is 11.5 Å². The highest BCUT2D eigenvalue weighted by molar-refractivity contribution is 5.90. The maximum absolute atomic E-state index is 14.2. The van der Waals surface area contributed by atoms with Crippen molar-refractivity contribution in [1.29, 1.82) is 0 Å². The lowest BCUT2D eigenvalue weighted by molar-refractivity contribution is 0.171. The van der Waals surface area contributed by atoms with Crippen LogP contribution in [-0.2, 0) is 6.54 Å². The van der Waals surface area contributed by atoms with Gasteiger partial charge in [-0.25, -0.2) is 9.48 Å². The molecule has 2 aromatic heterocycles. The van der Waals surface area contributed by atoms with Gasteiger partial charge in [0.1, 0.15) is 24.8 Å². The highest BCUT2D eigenvalue weighted by Gasteiger charge is 2.36. The number of ether oxygens (including phenoxy) is 3. The molecule has 206 valence electrons. The van der Waals surface area contributed by atoms with E-state index in [9.17, 15) is 4.79 Å². The summed E-state index contributed by atoms with van der Waals surface area (Å²) in [5, 5.41) is 8.03. The zero-order valence-corrected chi connectivity index (χ0v) is 22.8. The lowest BCUT2D eigenvalue weighted by Gasteiger charge is -2.31. The minimum Gasteiger partial charge on any atom is -0.497 e. The summed E-state index contributed by atoms with van der Waals surface area (Å²) in [6.45, 7) is 3.31. The molecule has 9 nitrogen and oxygen atoms in total. The van der Waals surface area contributed by atoms with Crippen molar-refractivity contribution in [2.45, 2.75) is 19.5 Å². The maximum Gasteiger partial charge on any atom is 0.322 e. The molecule has 1 atom stereocenters. The number of rotatable bonds is 4. The minimum atomic E-state index is -0.409. The Kier molecular flexibility index (Phi) is 6.11. The topological polar surface area (TPSA) is 82.8 Å². The number of hydrogen-bond donors (Lipinski definition) is 1. The number of nitrogens with zero attached hydrogens (tertiary/aromatic N) is 4. The molecular formula is C32H29N5O4. The monoisotopic (exact) mass is 547 g/mol. The Morgan fingerprint density at radius 1 is 0.951 bits per heavy atom. The first-order valence-corrected chi connectivity index (χ1v) is 13.5. The van der Waals surface area contributed by atoms with Crippen molar-refractivity contribution in [2.75, 3.05) is 25.6 Å². The number of aromatic nitrogens is 3. The summed E-state index contributed by atoms with van der Waals surface area (Å²) in [5.41, 5.74) is 5.26. The Morgan fingerprint density at radius 2 is 1.78 bits per heavy atom. The fraction of sp³-hybridized carbons (Fsp3) is 0.188. The van der Waals surface area contributed by atoms with Crippen LogP contribution in [0.25, 0.3) is 11.5 Å². The molecule has 41 heavy (non-hydrogen) atoms. The Hall–Kier alpha value is -5.18. The van der Waals surface area contributed by atoms with Crippen LogP contribution in [0.1, 0.15) is 28.6 Å². The molecule has 0 bridgehead atoms. The molecule has 3 aromatic carbocycles. The number of amides is 2. The Morgan fingerprint density at radius 3 is 2.61 bits per heavy atom. The predicted molar refractivity (Wildman–Crippen MR) is 154 cm³/mol. The summed E-state index contributed by atoms with van der Waals surface area (Å²) in [4.78, 5) is 16.1.